The van der Waals surface area contributed by atoms with Crippen molar-refractivity contribution in [2.75, 3.05) is 13.1 Å². The molecule has 0 saturated carbocycles. The van der Waals surface area contributed by atoms with E-state index in [4.69, 9.17) is 0 Å². The molecule has 0 spiro atoms. The first-order valence-corrected chi connectivity index (χ1v) is 7.70. The Morgan fingerprint density at radius 2 is 2.05 bits per heavy atom. The number of alkyl halides is 2. The van der Waals surface area contributed by atoms with Gasteiger partial charge in [0.1, 0.15) is 11.4 Å². The third kappa shape index (κ3) is 2.97. The average Bonchev–Trinajstić information content (AvgIpc) is 3.16. The van der Waals surface area contributed by atoms with E-state index in [9.17, 15) is 13.6 Å². The lowest BCUT2D eigenvalue weighted by atomic mass is 10.1. The van der Waals surface area contributed by atoms with Crippen molar-refractivity contribution in [1.29, 1.82) is 0 Å². The van der Waals surface area contributed by atoms with Crippen molar-refractivity contribution >= 4 is 17.2 Å². The third-order valence-corrected chi connectivity index (χ3v) is 4.64. The zero-order valence-electron chi connectivity index (χ0n) is 11.3. The fourth-order valence-corrected chi connectivity index (χ4v) is 3.35. The number of amides is 1. The van der Waals surface area contributed by atoms with Gasteiger partial charge in [-0.25, -0.2) is 8.78 Å². The Kier molecular flexibility index (Phi) is 4.01. The van der Waals surface area contributed by atoms with Crippen LogP contribution in [0.3, 0.4) is 0 Å². The highest BCUT2D eigenvalue weighted by Gasteiger charge is 2.20. The summed E-state index contributed by atoms with van der Waals surface area (Å²) in [4.78, 5) is 15.6. The van der Waals surface area contributed by atoms with Crippen LogP contribution in [0, 0.1) is 0 Å². The first-order valence-electron chi connectivity index (χ1n) is 6.88. The number of likely N-dealkylation sites (tertiary alicyclic amines) is 1. The zero-order valence-corrected chi connectivity index (χ0v) is 12.1. The van der Waals surface area contributed by atoms with Crippen molar-refractivity contribution in [2.45, 2.75) is 25.7 Å². The van der Waals surface area contributed by atoms with Crippen molar-refractivity contribution in [3.05, 3.63) is 28.8 Å². The van der Waals surface area contributed by atoms with Crippen LogP contribution in [0.5, 0.6) is 0 Å². The lowest BCUT2D eigenvalue weighted by Crippen LogP contribution is -2.35. The molecule has 1 fully saturated rings. The zero-order chi connectivity index (χ0) is 14.8. The van der Waals surface area contributed by atoms with Gasteiger partial charge in [-0.1, -0.05) is 0 Å². The third-order valence-electron chi connectivity index (χ3n) is 3.55. The van der Waals surface area contributed by atoms with E-state index < -0.39 is 6.43 Å². The number of carbonyl (C=O) groups excluding carboxylic acids is 1. The molecule has 1 saturated heterocycles. The van der Waals surface area contributed by atoms with E-state index in [2.05, 4.69) is 10.2 Å². The van der Waals surface area contributed by atoms with Crippen LogP contribution in [0.1, 0.15) is 41.1 Å². The molecule has 0 aromatic carbocycles. The normalized spacial score (nSPS) is 15.7. The summed E-state index contributed by atoms with van der Waals surface area (Å²) in [6, 6.07) is 4.83. The summed E-state index contributed by atoms with van der Waals surface area (Å²) in [6.07, 6.45) is 0.686. The van der Waals surface area contributed by atoms with Crippen LogP contribution in [-0.2, 0) is 0 Å². The number of nitrogens with one attached hydrogen (secondary N) is 1. The van der Waals surface area contributed by atoms with E-state index in [1.165, 1.54) is 23.8 Å². The highest BCUT2D eigenvalue weighted by molar-refractivity contribution is 7.17. The van der Waals surface area contributed by atoms with Crippen molar-refractivity contribution in [1.82, 2.24) is 15.1 Å². The number of halogens is 2. The molecule has 3 heterocycles. The molecule has 1 N–H and O–H groups in total. The summed E-state index contributed by atoms with van der Waals surface area (Å²) >= 11 is 1.29. The van der Waals surface area contributed by atoms with Gasteiger partial charge in [0, 0.05) is 13.1 Å². The number of nitrogens with zero attached hydrogens (tertiary/aromatic N) is 2. The van der Waals surface area contributed by atoms with Gasteiger partial charge in [-0.05, 0) is 37.5 Å². The molecule has 2 aromatic heterocycles. The second-order valence-corrected chi connectivity index (χ2v) is 6.11. The molecule has 0 radical (unpaired) electrons. The molecule has 112 valence electrons. The largest absolute Gasteiger partial charge is 0.338 e. The molecule has 0 unspecified atom stereocenters. The molecule has 3 rings (SSSR count). The summed E-state index contributed by atoms with van der Waals surface area (Å²) in [6.45, 7) is 1.59. The smallest absolute Gasteiger partial charge is 0.279 e. The van der Waals surface area contributed by atoms with Gasteiger partial charge < -0.3 is 4.90 Å². The molecule has 1 aliphatic rings. The fraction of sp³-hybridized carbons (Fsp3) is 0.429. The summed E-state index contributed by atoms with van der Waals surface area (Å²) in [5.74, 6) is 0.0237. The Labute approximate surface area is 124 Å². The van der Waals surface area contributed by atoms with Gasteiger partial charge in [0.2, 0.25) is 0 Å². The lowest BCUT2D eigenvalue weighted by Gasteiger charge is -2.26. The summed E-state index contributed by atoms with van der Waals surface area (Å²) in [7, 11) is 0. The highest BCUT2D eigenvalue weighted by atomic mass is 32.1. The molecule has 2 aromatic rings. The summed E-state index contributed by atoms with van der Waals surface area (Å²) < 4.78 is 25.1. The van der Waals surface area contributed by atoms with Crippen LogP contribution in [0.15, 0.2) is 18.2 Å². The molecule has 21 heavy (non-hydrogen) atoms. The molecule has 0 atom stereocenters. The van der Waals surface area contributed by atoms with E-state index in [0.29, 0.717) is 10.6 Å². The van der Waals surface area contributed by atoms with Gasteiger partial charge in [-0.2, -0.15) is 5.10 Å². The molecule has 0 aliphatic carbocycles. The maximum absolute atomic E-state index is 12.5. The number of hydrogen-bond acceptors (Lipinski definition) is 3. The Hall–Kier alpha value is -1.76. The number of rotatable bonds is 3. The van der Waals surface area contributed by atoms with Gasteiger partial charge in [0.15, 0.2) is 0 Å². The predicted molar refractivity (Wildman–Crippen MR) is 76.6 cm³/mol. The van der Waals surface area contributed by atoms with Gasteiger partial charge in [0.25, 0.3) is 12.3 Å². The van der Waals surface area contributed by atoms with Crippen LogP contribution in [0.4, 0.5) is 8.78 Å². The standard InChI is InChI=1S/C14H15F2N3OS/c15-13(16)10-8-9(17-18-10)11-4-5-12(21-11)14(20)19-6-2-1-3-7-19/h4-5,8,13H,1-3,6-7H2,(H,17,18). The van der Waals surface area contributed by atoms with Crippen LogP contribution in [-0.4, -0.2) is 34.1 Å². The van der Waals surface area contributed by atoms with Crippen LogP contribution in [0.2, 0.25) is 0 Å². The monoisotopic (exact) mass is 311 g/mol. The number of hydrogen-bond donors (Lipinski definition) is 1. The van der Waals surface area contributed by atoms with E-state index in [1.54, 1.807) is 12.1 Å². The van der Waals surface area contributed by atoms with Gasteiger partial charge in [0.05, 0.1) is 9.75 Å². The SMILES string of the molecule is O=C(c1ccc(-c2cc(C(F)F)[nH]n2)s1)N1CCCCC1. The number of H-pyrrole nitrogens is 1. The Morgan fingerprint density at radius 1 is 1.29 bits per heavy atom. The number of aromatic nitrogens is 2. The van der Waals surface area contributed by atoms with Crippen molar-refractivity contribution < 1.29 is 13.6 Å². The molecule has 1 aliphatic heterocycles. The van der Waals surface area contributed by atoms with E-state index in [1.807, 2.05) is 4.90 Å². The quantitative estimate of drug-likeness (QED) is 0.939. The maximum Gasteiger partial charge on any atom is 0.279 e. The molecular weight excluding hydrogens is 296 g/mol. The highest BCUT2D eigenvalue weighted by Crippen LogP contribution is 2.30. The lowest BCUT2D eigenvalue weighted by molar-refractivity contribution is 0.0729. The van der Waals surface area contributed by atoms with Crippen LogP contribution < -0.4 is 0 Å². The summed E-state index contributed by atoms with van der Waals surface area (Å²) in [5, 5.41) is 6.19. The van der Waals surface area contributed by atoms with Gasteiger partial charge in [-0.3, -0.25) is 9.89 Å². The first kappa shape index (κ1) is 14.2. The van der Waals surface area contributed by atoms with E-state index >= 15 is 0 Å². The minimum Gasteiger partial charge on any atom is -0.338 e. The Morgan fingerprint density at radius 3 is 2.71 bits per heavy atom. The van der Waals surface area contributed by atoms with Crippen molar-refractivity contribution in [3.8, 4) is 10.6 Å². The Balaban J connectivity index is 1.77. The van der Waals surface area contributed by atoms with Crippen LogP contribution in [0.25, 0.3) is 10.6 Å². The minimum atomic E-state index is -2.57. The van der Waals surface area contributed by atoms with Crippen molar-refractivity contribution in [2.24, 2.45) is 0 Å². The van der Waals surface area contributed by atoms with Gasteiger partial charge >= 0.3 is 0 Å². The number of thiophene rings is 1. The molecular formula is C14H15F2N3OS. The van der Waals surface area contributed by atoms with E-state index in [0.717, 1.165) is 30.8 Å². The molecule has 0 bridgehead atoms. The predicted octanol–water partition coefficient (Wildman–Crippen LogP) is 3.70. The summed E-state index contributed by atoms with van der Waals surface area (Å²) in [5.41, 5.74) is 0.246. The topological polar surface area (TPSA) is 49.0 Å². The van der Waals surface area contributed by atoms with Gasteiger partial charge in [-0.15, -0.1) is 11.3 Å². The first-order chi connectivity index (χ1) is 10.1. The number of carbonyl (C=O) groups is 1. The van der Waals surface area contributed by atoms with E-state index in [-0.39, 0.29) is 11.6 Å². The number of aromatic amines is 1. The van der Waals surface area contributed by atoms with Crippen LogP contribution >= 0.6 is 11.3 Å². The Bertz CT molecular complexity index is 632. The second-order valence-electron chi connectivity index (χ2n) is 5.03. The molecule has 4 nitrogen and oxygen atoms in total. The minimum absolute atomic E-state index is 0.0237. The molecule has 7 heteroatoms. The number of piperidine rings is 1. The molecule has 1 amide bonds. The maximum atomic E-state index is 12.5. The van der Waals surface area contributed by atoms with Crippen molar-refractivity contribution in [3.63, 3.8) is 0 Å². The second kappa shape index (κ2) is 5.93. The fourth-order valence-electron chi connectivity index (χ4n) is 2.42. The average molecular weight is 311 g/mol.